The molecule has 1 saturated carbocycles. The lowest BCUT2D eigenvalue weighted by Gasteiger charge is -2.20. The van der Waals surface area contributed by atoms with Gasteiger partial charge in [0.25, 0.3) is 5.91 Å². The van der Waals surface area contributed by atoms with E-state index in [9.17, 15) is 9.59 Å². The number of carbonyl (C=O) groups is 2. The normalized spacial score (nSPS) is 14.8. The highest BCUT2D eigenvalue weighted by Crippen LogP contribution is 2.34. The minimum absolute atomic E-state index is 0.0507. The van der Waals surface area contributed by atoms with Gasteiger partial charge in [0.1, 0.15) is 11.3 Å². The summed E-state index contributed by atoms with van der Waals surface area (Å²) in [5.41, 5.74) is 1.95. The fraction of sp³-hybridized carbons (Fsp3) is 0.421. The van der Waals surface area contributed by atoms with Gasteiger partial charge in [0, 0.05) is 30.9 Å². The molecule has 0 unspecified atom stereocenters. The predicted octanol–water partition coefficient (Wildman–Crippen LogP) is 3.43. The van der Waals surface area contributed by atoms with Gasteiger partial charge in [0.05, 0.1) is 18.4 Å². The lowest BCUT2D eigenvalue weighted by atomic mass is 9.85. The van der Waals surface area contributed by atoms with Crippen LogP contribution in [0.25, 0.3) is 0 Å². The Morgan fingerprint density at radius 2 is 1.96 bits per heavy atom. The molecule has 7 heteroatoms. The molecule has 2 N–H and O–H groups in total. The molecule has 2 aromatic rings. The topological polar surface area (TPSA) is 93.5 Å². The quantitative estimate of drug-likeness (QED) is 0.855. The molecular weight excluding hydrogens is 334 g/mol. The van der Waals surface area contributed by atoms with Gasteiger partial charge in [-0.1, -0.05) is 19.3 Å². The van der Waals surface area contributed by atoms with E-state index in [2.05, 4.69) is 10.4 Å². The fourth-order valence-corrected chi connectivity index (χ4v) is 3.50. The van der Waals surface area contributed by atoms with Crippen molar-refractivity contribution >= 4 is 17.6 Å². The Morgan fingerprint density at radius 1 is 1.23 bits per heavy atom. The van der Waals surface area contributed by atoms with Crippen molar-refractivity contribution in [2.45, 2.75) is 38.0 Å². The summed E-state index contributed by atoms with van der Waals surface area (Å²) < 4.78 is 6.78. The Kier molecular flexibility index (Phi) is 5.25. The van der Waals surface area contributed by atoms with Crippen molar-refractivity contribution < 1.29 is 19.4 Å². The Balaban J connectivity index is 1.83. The van der Waals surface area contributed by atoms with Gasteiger partial charge in [0.2, 0.25) is 0 Å². The molecule has 1 aliphatic carbocycles. The maximum Gasteiger partial charge on any atom is 0.339 e. The number of anilines is 1. The van der Waals surface area contributed by atoms with Crippen molar-refractivity contribution in [3.8, 4) is 5.75 Å². The number of benzene rings is 1. The second kappa shape index (κ2) is 7.59. The number of rotatable bonds is 5. The molecule has 0 atom stereocenters. The fourth-order valence-electron chi connectivity index (χ4n) is 3.50. The van der Waals surface area contributed by atoms with Gasteiger partial charge >= 0.3 is 5.97 Å². The third kappa shape index (κ3) is 3.71. The first-order valence-electron chi connectivity index (χ1n) is 8.76. The summed E-state index contributed by atoms with van der Waals surface area (Å²) in [6.45, 7) is 0. The largest absolute Gasteiger partial charge is 0.496 e. The van der Waals surface area contributed by atoms with E-state index in [1.807, 2.05) is 7.05 Å². The van der Waals surface area contributed by atoms with Crippen LogP contribution < -0.4 is 10.1 Å². The maximum absolute atomic E-state index is 12.8. The Labute approximate surface area is 152 Å². The van der Waals surface area contributed by atoms with Crippen LogP contribution in [-0.4, -0.2) is 33.9 Å². The van der Waals surface area contributed by atoms with Crippen LogP contribution in [0.4, 0.5) is 5.69 Å². The van der Waals surface area contributed by atoms with E-state index >= 15 is 0 Å². The molecule has 138 valence electrons. The second-order valence-electron chi connectivity index (χ2n) is 6.61. The minimum atomic E-state index is -1.08. The first-order chi connectivity index (χ1) is 12.5. The first kappa shape index (κ1) is 18.0. The number of aromatic nitrogens is 2. The van der Waals surface area contributed by atoms with Crippen LogP contribution in [0.5, 0.6) is 5.75 Å². The van der Waals surface area contributed by atoms with Crippen LogP contribution in [0.15, 0.2) is 24.4 Å². The van der Waals surface area contributed by atoms with Crippen molar-refractivity contribution in [1.82, 2.24) is 9.78 Å². The van der Waals surface area contributed by atoms with Gasteiger partial charge in [-0.25, -0.2) is 4.79 Å². The van der Waals surface area contributed by atoms with E-state index in [0.717, 1.165) is 31.4 Å². The average molecular weight is 357 g/mol. The first-order valence-corrected chi connectivity index (χ1v) is 8.76. The highest BCUT2D eigenvalue weighted by molar-refractivity contribution is 6.05. The summed E-state index contributed by atoms with van der Waals surface area (Å²) in [5, 5.41) is 16.5. The van der Waals surface area contributed by atoms with Crippen molar-refractivity contribution in [2.75, 3.05) is 12.4 Å². The summed E-state index contributed by atoms with van der Waals surface area (Å²) in [6.07, 6.45) is 7.41. The molecule has 1 aromatic heterocycles. The summed E-state index contributed by atoms with van der Waals surface area (Å²) in [5.74, 6) is -0.806. The van der Waals surface area contributed by atoms with Gasteiger partial charge in [-0.15, -0.1) is 0 Å². The molecule has 1 heterocycles. The molecule has 1 aliphatic rings. The molecule has 7 nitrogen and oxygen atoms in total. The van der Waals surface area contributed by atoms with Gasteiger partial charge in [-0.2, -0.15) is 5.10 Å². The van der Waals surface area contributed by atoms with Crippen molar-refractivity contribution in [2.24, 2.45) is 7.05 Å². The summed E-state index contributed by atoms with van der Waals surface area (Å²) >= 11 is 0. The van der Waals surface area contributed by atoms with Crippen LogP contribution >= 0.6 is 0 Å². The van der Waals surface area contributed by atoms with Gasteiger partial charge < -0.3 is 15.2 Å². The molecular formula is C19H23N3O4. The molecule has 1 amide bonds. The molecule has 0 spiro atoms. The lowest BCUT2D eigenvalue weighted by Crippen LogP contribution is -2.16. The Bertz CT molecular complexity index is 822. The molecule has 0 radical (unpaired) electrons. The van der Waals surface area contributed by atoms with Crippen LogP contribution in [0.2, 0.25) is 0 Å². The number of aromatic carboxylic acids is 1. The molecule has 0 bridgehead atoms. The van der Waals surface area contributed by atoms with Crippen LogP contribution in [0, 0.1) is 0 Å². The van der Waals surface area contributed by atoms with Crippen molar-refractivity contribution in [3.63, 3.8) is 0 Å². The number of carbonyl (C=O) groups excluding carboxylic acids is 1. The number of nitrogens with zero attached hydrogens (tertiary/aromatic N) is 2. The minimum Gasteiger partial charge on any atom is -0.496 e. The van der Waals surface area contributed by atoms with E-state index in [-0.39, 0.29) is 17.2 Å². The second-order valence-corrected chi connectivity index (χ2v) is 6.61. The number of carboxylic acid groups (broad SMARTS) is 1. The lowest BCUT2D eigenvalue weighted by molar-refractivity contribution is 0.0693. The van der Waals surface area contributed by atoms with Crippen molar-refractivity contribution in [3.05, 3.63) is 41.2 Å². The summed E-state index contributed by atoms with van der Waals surface area (Å²) in [7, 11) is 3.21. The van der Waals surface area contributed by atoms with E-state index < -0.39 is 5.97 Å². The van der Waals surface area contributed by atoms with Crippen LogP contribution in [0.3, 0.4) is 0 Å². The summed E-state index contributed by atoms with van der Waals surface area (Å²) in [6, 6.07) is 4.49. The SMILES string of the molecule is COc1cc(NC(=O)c2cn(C)nc2C2CCCCC2)ccc1C(=O)O. The highest BCUT2D eigenvalue weighted by Gasteiger charge is 2.25. The zero-order valence-corrected chi connectivity index (χ0v) is 15.0. The van der Waals surface area contributed by atoms with Gasteiger partial charge in [-0.3, -0.25) is 9.48 Å². The number of methoxy groups -OCH3 is 1. The number of aryl methyl sites for hydroxylation is 1. The highest BCUT2D eigenvalue weighted by atomic mass is 16.5. The van der Waals surface area contributed by atoms with E-state index in [4.69, 9.17) is 9.84 Å². The Hall–Kier alpha value is -2.83. The third-order valence-corrected chi connectivity index (χ3v) is 4.78. The van der Waals surface area contributed by atoms with Crippen molar-refractivity contribution in [1.29, 1.82) is 0 Å². The average Bonchev–Trinajstić information content (AvgIpc) is 3.04. The number of amides is 1. The molecule has 3 rings (SSSR count). The maximum atomic E-state index is 12.8. The van der Waals surface area contributed by atoms with E-state index in [1.54, 1.807) is 16.9 Å². The zero-order chi connectivity index (χ0) is 18.7. The van der Waals surface area contributed by atoms with Crippen LogP contribution in [0.1, 0.15) is 64.4 Å². The number of ether oxygens (including phenoxy) is 1. The third-order valence-electron chi connectivity index (χ3n) is 4.78. The molecule has 1 fully saturated rings. The standard InChI is InChI=1S/C19H23N3O4/c1-22-11-15(17(21-22)12-6-4-3-5-7-12)18(23)20-13-8-9-14(19(24)25)16(10-13)26-2/h8-12H,3-7H2,1-2H3,(H,20,23)(H,24,25). The van der Waals surface area contributed by atoms with E-state index in [0.29, 0.717) is 17.2 Å². The van der Waals surface area contributed by atoms with Gasteiger partial charge in [-0.05, 0) is 25.0 Å². The number of carboxylic acids is 1. The van der Waals surface area contributed by atoms with Crippen LogP contribution in [-0.2, 0) is 7.05 Å². The molecule has 1 aromatic carbocycles. The number of nitrogens with one attached hydrogen (secondary N) is 1. The smallest absolute Gasteiger partial charge is 0.339 e. The zero-order valence-electron chi connectivity index (χ0n) is 15.0. The Morgan fingerprint density at radius 3 is 2.62 bits per heavy atom. The predicted molar refractivity (Wildman–Crippen MR) is 96.9 cm³/mol. The number of hydrogen-bond donors (Lipinski definition) is 2. The van der Waals surface area contributed by atoms with E-state index in [1.165, 1.54) is 25.7 Å². The molecule has 26 heavy (non-hydrogen) atoms. The molecule has 0 saturated heterocycles. The monoisotopic (exact) mass is 357 g/mol. The summed E-state index contributed by atoms with van der Waals surface area (Å²) in [4.78, 5) is 24.0. The molecule has 0 aliphatic heterocycles. The number of hydrogen-bond acceptors (Lipinski definition) is 4. The van der Waals surface area contributed by atoms with Gasteiger partial charge in [0.15, 0.2) is 0 Å².